The van der Waals surface area contributed by atoms with Crippen molar-refractivity contribution in [2.45, 2.75) is 11.2 Å². The van der Waals surface area contributed by atoms with E-state index >= 15 is 0 Å². The van der Waals surface area contributed by atoms with Crippen LogP contribution in [-0.4, -0.2) is 31.6 Å². The van der Waals surface area contributed by atoms with E-state index in [9.17, 15) is 17.9 Å². The predicted molar refractivity (Wildman–Crippen MR) is 62.9 cm³/mol. The first-order chi connectivity index (χ1) is 8.36. The lowest BCUT2D eigenvalue weighted by Gasteiger charge is -2.03. The van der Waals surface area contributed by atoms with Crippen LogP contribution in [0.5, 0.6) is 0 Å². The van der Waals surface area contributed by atoms with Crippen molar-refractivity contribution < 1.29 is 17.9 Å². The highest BCUT2D eigenvalue weighted by molar-refractivity contribution is 7.91. The summed E-state index contributed by atoms with van der Waals surface area (Å²) in [4.78, 5) is 0. The molecule has 3 atom stereocenters. The van der Waals surface area contributed by atoms with Gasteiger partial charge in [-0.2, -0.15) is 5.26 Å². The molecule has 0 aromatic heterocycles. The van der Waals surface area contributed by atoms with Crippen molar-refractivity contribution >= 4 is 9.84 Å². The Bertz CT molecular complexity index is 622. The van der Waals surface area contributed by atoms with Crippen molar-refractivity contribution in [2.75, 3.05) is 12.9 Å². The van der Waals surface area contributed by atoms with Crippen LogP contribution in [0.2, 0.25) is 0 Å². The van der Waals surface area contributed by atoms with Crippen molar-refractivity contribution in [1.82, 2.24) is 0 Å². The van der Waals surface area contributed by atoms with Crippen LogP contribution < -0.4 is 0 Å². The van der Waals surface area contributed by atoms with Gasteiger partial charge in [0.2, 0.25) is 0 Å². The Morgan fingerprint density at radius 1 is 1.56 bits per heavy atom. The standard InChI is InChI=1S/C12H12FNO3S/c1-18(16,17)11-10(12(11,6-14)7-15)8-3-2-4-9(13)5-8/h2-5,10-11,15H,7H2,1H3/t10-,11+,12-/m1/s1. The summed E-state index contributed by atoms with van der Waals surface area (Å²) in [5, 5.41) is 17.5. The van der Waals surface area contributed by atoms with Crippen LogP contribution in [0.1, 0.15) is 11.5 Å². The van der Waals surface area contributed by atoms with Gasteiger partial charge in [0.05, 0.1) is 17.9 Å². The molecule has 0 heterocycles. The maximum Gasteiger partial charge on any atom is 0.152 e. The zero-order valence-corrected chi connectivity index (χ0v) is 10.5. The molecule has 18 heavy (non-hydrogen) atoms. The molecule has 6 heteroatoms. The van der Waals surface area contributed by atoms with Gasteiger partial charge >= 0.3 is 0 Å². The summed E-state index contributed by atoms with van der Waals surface area (Å²) in [6.07, 6.45) is 1.03. The summed E-state index contributed by atoms with van der Waals surface area (Å²) < 4.78 is 36.4. The van der Waals surface area contributed by atoms with E-state index < -0.39 is 38.8 Å². The average Bonchev–Trinajstić information content (AvgIpc) is 2.98. The van der Waals surface area contributed by atoms with Gasteiger partial charge in [-0.25, -0.2) is 12.8 Å². The first-order valence-electron chi connectivity index (χ1n) is 5.33. The van der Waals surface area contributed by atoms with E-state index in [1.165, 1.54) is 18.2 Å². The van der Waals surface area contributed by atoms with Gasteiger partial charge in [-0.3, -0.25) is 0 Å². The quantitative estimate of drug-likeness (QED) is 0.882. The number of hydrogen-bond donors (Lipinski definition) is 1. The number of rotatable bonds is 3. The van der Waals surface area contributed by atoms with Gasteiger partial charge in [-0.15, -0.1) is 0 Å². The molecule has 0 saturated heterocycles. The topological polar surface area (TPSA) is 78.2 Å². The molecule has 96 valence electrons. The molecule has 2 rings (SSSR count). The Hall–Kier alpha value is -1.45. The summed E-state index contributed by atoms with van der Waals surface area (Å²) in [5.74, 6) is -1.16. The van der Waals surface area contributed by atoms with Crippen molar-refractivity contribution in [1.29, 1.82) is 5.26 Å². The van der Waals surface area contributed by atoms with Crippen LogP contribution in [0.15, 0.2) is 24.3 Å². The fourth-order valence-corrected chi connectivity index (χ4v) is 4.42. The van der Waals surface area contributed by atoms with E-state index in [-0.39, 0.29) is 0 Å². The lowest BCUT2D eigenvalue weighted by atomic mass is 10.0. The van der Waals surface area contributed by atoms with Crippen LogP contribution in [0.3, 0.4) is 0 Å². The third kappa shape index (κ3) is 1.80. The summed E-state index contributed by atoms with van der Waals surface area (Å²) in [6.45, 7) is -0.553. The third-order valence-corrected chi connectivity index (χ3v) is 5.01. The predicted octanol–water partition coefficient (Wildman–Crippen LogP) is 0.838. The molecule has 0 radical (unpaired) electrons. The molecule has 1 fully saturated rings. The first-order valence-corrected chi connectivity index (χ1v) is 7.28. The van der Waals surface area contributed by atoms with E-state index in [0.717, 1.165) is 6.26 Å². The Morgan fingerprint density at radius 2 is 2.22 bits per heavy atom. The Labute approximate surface area is 105 Å². The molecule has 0 aliphatic heterocycles. The van der Waals surface area contributed by atoms with Gasteiger partial charge in [-0.1, -0.05) is 12.1 Å². The molecule has 1 aromatic carbocycles. The lowest BCUT2D eigenvalue weighted by molar-refractivity contribution is 0.242. The minimum Gasteiger partial charge on any atom is -0.395 e. The number of sulfone groups is 1. The number of aliphatic hydroxyl groups excluding tert-OH is 1. The van der Waals surface area contributed by atoms with E-state index in [1.54, 1.807) is 6.07 Å². The van der Waals surface area contributed by atoms with Crippen LogP contribution in [0.4, 0.5) is 4.39 Å². The van der Waals surface area contributed by atoms with E-state index in [1.807, 2.05) is 6.07 Å². The minimum atomic E-state index is -3.48. The van der Waals surface area contributed by atoms with Crippen LogP contribution in [0.25, 0.3) is 0 Å². The smallest absolute Gasteiger partial charge is 0.152 e. The third-order valence-electron chi connectivity index (χ3n) is 3.40. The van der Waals surface area contributed by atoms with Crippen LogP contribution >= 0.6 is 0 Å². The van der Waals surface area contributed by atoms with E-state index in [4.69, 9.17) is 5.26 Å². The van der Waals surface area contributed by atoms with E-state index in [2.05, 4.69) is 0 Å². The van der Waals surface area contributed by atoms with Gasteiger partial charge < -0.3 is 5.11 Å². The number of aliphatic hydroxyl groups is 1. The van der Waals surface area contributed by atoms with Crippen LogP contribution in [-0.2, 0) is 9.84 Å². The van der Waals surface area contributed by atoms with Gasteiger partial charge in [0.1, 0.15) is 11.2 Å². The van der Waals surface area contributed by atoms with Gasteiger partial charge in [0.15, 0.2) is 9.84 Å². The summed E-state index contributed by atoms with van der Waals surface area (Å²) in [5.41, 5.74) is -0.914. The second kappa shape index (κ2) is 4.04. The highest BCUT2D eigenvalue weighted by Crippen LogP contribution is 2.62. The first kappa shape index (κ1) is 13.0. The number of halogens is 1. The molecule has 0 amide bonds. The fraction of sp³-hybridized carbons (Fsp3) is 0.417. The van der Waals surface area contributed by atoms with Crippen molar-refractivity contribution in [3.8, 4) is 6.07 Å². The van der Waals surface area contributed by atoms with Crippen LogP contribution in [0, 0.1) is 22.6 Å². The molecule has 1 saturated carbocycles. The molecule has 1 aliphatic rings. The summed E-state index contributed by atoms with van der Waals surface area (Å²) in [7, 11) is -3.48. The second-order valence-electron chi connectivity index (χ2n) is 4.59. The number of benzene rings is 1. The highest BCUT2D eigenvalue weighted by atomic mass is 32.2. The second-order valence-corrected chi connectivity index (χ2v) is 6.76. The molecule has 0 unspecified atom stereocenters. The zero-order valence-electron chi connectivity index (χ0n) is 9.67. The number of nitrogens with zero attached hydrogens (tertiary/aromatic N) is 1. The molecule has 1 aromatic rings. The number of nitriles is 1. The summed E-state index contributed by atoms with van der Waals surface area (Å²) in [6, 6.07) is 7.36. The molecular formula is C12H12FNO3S. The monoisotopic (exact) mass is 269 g/mol. The fourth-order valence-electron chi connectivity index (χ4n) is 2.56. The molecule has 0 bridgehead atoms. The normalized spacial score (nSPS) is 30.8. The molecule has 0 spiro atoms. The van der Waals surface area contributed by atoms with Crippen molar-refractivity contribution in [3.63, 3.8) is 0 Å². The lowest BCUT2D eigenvalue weighted by Crippen LogP contribution is -2.16. The minimum absolute atomic E-state index is 0.432. The van der Waals surface area contributed by atoms with Gasteiger partial charge in [0, 0.05) is 12.2 Å². The van der Waals surface area contributed by atoms with Gasteiger partial charge in [-0.05, 0) is 17.7 Å². The van der Waals surface area contributed by atoms with Gasteiger partial charge in [0.25, 0.3) is 0 Å². The largest absolute Gasteiger partial charge is 0.395 e. The Balaban J connectivity index is 2.49. The molecule has 1 N–H and O–H groups in total. The Kier molecular flexibility index (Phi) is 2.92. The number of hydrogen-bond acceptors (Lipinski definition) is 4. The maximum atomic E-state index is 13.1. The molecule has 4 nitrogen and oxygen atoms in total. The highest BCUT2D eigenvalue weighted by Gasteiger charge is 2.70. The molecule has 1 aliphatic carbocycles. The maximum absolute atomic E-state index is 13.1. The summed E-state index contributed by atoms with van der Waals surface area (Å²) >= 11 is 0. The van der Waals surface area contributed by atoms with Crippen molar-refractivity contribution in [2.24, 2.45) is 5.41 Å². The van der Waals surface area contributed by atoms with E-state index in [0.29, 0.717) is 5.56 Å². The SMILES string of the molecule is CS(=O)(=O)[C@H]1[C@@H](c2cccc(F)c2)[C@@]1(C#N)CO. The zero-order chi connectivity index (χ0) is 13.6. The Morgan fingerprint density at radius 3 is 2.61 bits per heavy atom. The average molecular weight is 269 g/mol. The van der Waals surface area contributed by atoms with Crippen molar-refractivity contribution in [3.05, 3.63) is 35.6 Å². The molecular weight excluding hydrogens is 257 g/mol.